The summed E-state index contributed by atoms with van der Waals surface area (Å²) in [6.45, 7) is 2.78. The molecule has 31 heavy (non-hydrogen) atoms. The number of para-hydroxylation sites is 1. The van der Waals surface area contributed by atoms with Crippen LogP contribution in [0.4, 0.5) is 23.2 Å². The Morgan fingerprint density at radius 3 is 2.48 bits per heavy atom. The number of nitrogens with two attached hydrogens (primary N) is 1. The van der Waals surface area contributed by atoms with Gasteiger partial charge in [0.1, 0.15) is 17.2 Å². The van der Waals surface area contributed by atoms with Gasteiger partial charge in [0.25, 0.3) is 11.5 Å². The van der Waals surface area contributed by atoms with Crippen molar-refractivity contribution >= 4 is 11.6 Å². The Morgan fingerprint density at radius 1 is 1.16 bits per heavy atom. The minimum Gasteiger partial charge on any atom is -0.399 e. The molecular formula is C21H18F4N4O2. The second-order valence-corrected chi connectivity index (χ2v) is 6.90. The van der Waals surface area contributed by atoms with Crippen LogP contribution in [0.25, 0.3) is 5.69 Å². The fourth-order valence-corrected chi connectivity index (χ4v) is 3.18. The summed E-state index contributed by atoms with van der Waals surface area (Å²) < 4.78 is 54.5. The summed E-state index contributed by atoms with van der Waals surface area (Å²) in [7, 11) is 0. The van der Waals surface area contributed by atoms with Crippen molar-refractivity contribution in [2.45, 2.75) is 26.1 Å². The van der Waals surface area contributed by atoms with Crippen molar-refractivity contribution in [3.05, 3.63) is 87.1 Å². The molecule has 3 aromatic rings. The van der Waals surface area contributed by atoms with Gasteiger partial charge in [-0.25, -0.2) is 4.39 Å². The molecule has 0 unspecified atom stereocenters. The number of benzene rings is 2. The van der Waals surface area contributed by atoms with E-state index in [1.54, 1.807) is 0 Å². The Hall–Kier alpha value is -3.69. The Balaban J connectivity index is 1.93. The zero-order valence-electron chi connectivity index (χ0n) is 16.5. The van der Waals surface area contributed by atoms with Gasteiger partial charge in [-0.05, 0) is 55.3 Å². The summed E-state index contributed by atoms with van der Waals surface area (Å²) in [5.41, 5.74) is 3.73. The molecule has 10 heteroatoms. The smallest absolute Gasteiger partial charge is 0.399 e. The highest BCUT2D eigenvalue weighted by Crippen LogP contribution is 2.36. The SMILES string of the molecule is Cc1c([C@@H](C)NC(=O)c2ccc(=O)n(-c3ccccc3F)n2)cc(N)cc1C(F)(F)F. The van der Waals surface area contributed by atoms with Gasteiger partial charge in [-0.2, -0.15) is 23.0 Å². The average Bonchev–Trinajstić information content (AvgIpc) is 2.69. The van der Waals surface area contributed by atoms with Gasteiger partial charge in [0.05, 0.1) is 11.6 Å². The first-order valence-corrected chi connectivity index (χ1v) is 9.12. The highest BCUT2D eigenvalue weighted by molar-refractivity contribution is 5.92. The third kappa shape index (κ3) is 4.57. The average molecular weight is 434 g/mol. The van der Waals surface area contributed by atoms with E-state index < -0.39 is 35.1 Å². The minimum atomic E-state index is -4.60. The van der Waals surface area contributed by atoms with Crippen molar-refractivity contribution in [2.75, 3.05) is 5.73 Å². The lowest BCUT2D eigenvalue weighted by Crippen LogP contribution is -2.31. The number of nitrogens with one attached hydrogen (secondary N) is 1. The topological polar surface area (TPSA) is 90.0 Å². The quantitative estimate of drug-likeness (QED) is 0.483. The van der Waals surface area contributed by atoms with Crippen molar-refractivity contribution < 1.29 is 22.4 Å². The van der Waals surface area contributed by atoms with Gasteiger partial charge in [0.15, 0.2) is 0 Å². The van der Waals surface area contributed by atoms with Crippen molar-refractivity contribution in [1.82, 2.24) is 15.1 Å². The molecule has 0 spiro atoms. The van der Waals surface area contributed by atoms with Crippen LogP contribution in [0.2, 0.25) is 0 Å². The van der Waals surface area contributed by atoms with Gasteiger partial charge < -0.3 is 11.1 Å². The van der Waals surface area contributed by atoms with E-state index >= 15 is 0 Å². The van der Waals surface area contributed by atoms with Crippen molar-refractivity contribution in [1.29, 1.82) is 0 Å². The largest absolute Gasteiger partial charge is 0.416 e. The van der Waals surface area contributed by atoms with Gasteiger partial charge >= 0.3 is 6.18 Å². The number of alkyl halides is 3. The maximum atomic E-state index is 14.0. The number of nitrogen functional groups attached to an aromatic ring is 1. The number of carbonyl (C=O) groups is 1. The normalized spacial score (nSPS) is 12.5. The molecule has 3 N–H and O–H groups in total. The number of aromatic nitrogens is 2. The number of hydrogen-bond donors (Lipinski definition) is 2. The van der Waals surface area contributed by atoms with Gasteiger partial charge in [0, 0.05) is 11.8 Å². The molecule has 6 nitrogen and oxygen atoms in total. The first-order chi connectivity index (χ1) is 14.5. The molecule has 1 atom stereocenters. The van der Waals surface area contributed by atoms with Crippen molar-refractivity contribution in [2.24, 2.45) is 0 Å². The second-order valence-electron chi connectivity index (χ2n) is 6.90. The summed E-state index contributed by atoms with van der Waals surface area (Å²) in [4.78, 5) is 24.7. The summed E-state index contributed by atoms with van der Waals surface area (Å²) in [5.74, 6) is -1.47. The van der Waals surface area contributed by atoms with Gasteiger partial charge in [0.2, 0.25) is 0 Å². The summed E-state index contributed by atoms with van der Waals surface area (Å²) in [5, 5.41) is 6.43. The van der Waals surface area contributed by atoms with Gasteiger partial charge in [-0.15, -0.1) is 0 Å². The second kappa shape index (κ2) is 8.21. The van der Waals surface area contributed by atoms with Crippen molar-refractivity contribution in [3.63, 3.8) is 0 Å². The molecule has 0 radical (unpaired) electrons. The zero-order valence-corrected chi connectivity index (χ0v) is 16.5. The van der Waals surface area contributed by atoms with Crippen LogP contribution in [0.15, 0.2) is 53.3 Å². The first kappa shape index (κ1) is 22.0. The third-order valence-electron chi connectivity index (χ3n) is 4.70. The van der Waals surface area contributed by atoms with Gasteiger partial charge in [-0.1, -0.05) is 12.1 Å². The monoisotopic (exact) mass is 434 g/mol. The fraction of sp³-hybridized carbons (Fsp3) is 0.190. The number of nitrogens with zero attached hydrogens (tertiary/aromatic N) is 2. The lowest BCUT2D eigenvalue weighted by Gasteiger charge is -2.20. The van der Waals surface area contributed by atoms with Crippen LogP contribution in [0.3, 0.4) is 0 Å². The standard InChI is InChI=1S/C21H18F4N4O2/c1-11-14(9-13(26)10-15(11)21(23,24)25)12(2)27-20(31)17-7-8-19(30)29(28-17)18-6-4-3-5-16(18)22/h3-10,12H,26H2,1-2H3,(H,27,31)/t12-/m1/s1. The fourth-order valence-electron chi connectivity index (χ4n) is 3.18. The van der Waals surface area contributed by atoms with Crippen LogP contribution in [0, 0.1) is 12.7 Å². The number of hydrogen-bond acceptors (Lipinski definition) is 4. The highest BCUT2D eigenvalue weighted by Gasteiger charge is 2.34. The van der Waals surface area contributed by atoms with E-state index in [-0.39, 0.29) is 28.2 Å². The molecule has 0 aliphatic carbocycles. The molecular weight excluding hydrogens is 416 g/mol. The van der Waals surface area contributed by atoms with E-state index in [0.29, 0.717) is 0 Å². The van der Waals surface area contributed by atoms with E-state index in [1.165, 1.54) is 38.1 Å². The summed E-state index contributed by atoms with van der Waals surface area (Å²) in [6, 6.07) is 8.92. The van der Waals surface area contributed by atoms with E-state index in [1.807, 2.05) is 0 Å². The maximum Gasteiger partial charge on any atom is 0.416 e. The van der Waals surface area contributed by atoms with Crippen LogP contribution < -0.4 is 16.6 Å². The van der Waals surface area contributed by atoms with E-state index in [2.05, 4.69) is 10.4 Å². The predicted molar refractivity (Wildman–Crippen MR) is 106 cm³/mol. The van der Waals surface area contributed by atoms with Crippen LogP contribution in [-0.4, -0.2) is 15.7 Å². The summed E-state index contributed by atoms with van der Waals surface area (Å²) >= 11 is 0. The molecule has 1 aromatic heterocycles. The highest BCUT2D eigenvalue weighted by atomic mass is 19.4. The molecule has 1 amide bonds. The number of anilines is 1. The van der Waals surface area contributed by atoms with E-state index in [9.17, 15) is 27.2 Å². The molecule has 162 valence electrons. The molecule has 1 heterocycles. The lowest BCUT2D eigenvalue weighted by atomic mass is 9.96. The Bertz CT molecular complexity index is 1200. The molecule has 0 saturated heterocycles. The van der Waals surface area contributed by atoms with Crippen LogP contribution in [0.1, 0.15) is 40.1 Å². The number of halogens is 4. The Morgan fingerprint density at radius 2 is 1.84 bits per heavy atom. The number of amides is 1. The van der Waals surface area contributed by atoms with Crippen LogP contribution in [0.5, 0.6) is 0 Å². The molecule has 0 aliphatic rings. The van der Waals surface area contributed by atoms with Crippen LogP contribution in [-0.2, 0) is 6.18 Å². The lowest BCUT2D eigenvalue weighted by molar-refractivity contribution is -0.138. The minimum absolute atomic E-state index is 0.0706. The third-order valence-corrected chi connectivity index (χ3v) is 4.70. The Labute approximate surface area is 174 Å². The maximum absolute atomic E-state index is 14.0. The van der Waals surface area contributed by atoms with E-state index in [0.717, 1.165) is 28.9 Å². The first-order valence-electron chi connectivity index (χ1n) is 9.12. The Kier molecular flexibility index (Phi) is 5.83. The molecule has 0 fully saturated rings. The molecule has 0 saturated carbocycles. The molecule has 0 bridgehead atoms. The van der Waals surface area contributed by atoms with Gasteiger partial charge in [-0.3, -0.25) is 9.59 Å². The number of rotatable bonds is 4. The number of carbonyl (C=O) groups excluding carboxylic acids is 1. The van der Waals surface area contributed by atoms with Crippen LogP contribution >= 0.6 is 0 Å². The summed E-state index contributed by atoms with van der Waals surface area (Å²) in [6.07, 6.45) is -4.60. The molecule has 0 aliphatic heterocycles. The molecule has 2 aromatic carbocycles. The zero-order chi connectivity index (χ0) is 22.9. The van der Waals surface area contributed by atoms with E-state index in [4.69, 9.17) is 5.73 Å². The molecule has 3 rings (SSSR count). The van der Waals surface area contributed by atoms with Crippen molar-refractivity contribution in [3.8, 4) is 5.69 Å². The predicted octanol–water partition coefficient (Wildman–Crippen LogP) is 3.77.